The number of thiazole rings is 1. The minimum atomic E-state index is 0.943. The summed E-state index contributed by atoms with van der Waals surface area (Å²) < 4.78 is 0. The quantitative estimate of drug-likeness (QED) is 0.776. The molecule has 100 valence electrons. The van der Waals surface area contributed by atoms with Gasteiger partial charge in [0.2, 0.25) is 0 Å². The van der Waals surface area contributed by atoms with Gasteiger partial charge in [0.1, 0.15) is 0 Å². The summed E-state index contributed by atoms with van der Waals surface area (Å²) in [6.45, 7) is 2.05. The number of nitrogens with zero attached hydrogens (tertiary/aromatic N) is 1. The second-order valence-electron chi connectivity index (χ2n) is 5.22. The molecule has 0 fully saturated rings. The van der Waals surface area contributed by atoms with Crippen LogP contribution >= 0.6 is 11.3 Å². The smallest absolute Gasteiger partial charge is 0.0975 e. The Bertz CT molecular complexity index is 732. The molecule has 0 aliphatic carbocycles. The summed E-state index contributed by atoms with van der Waals surface area (Å²) in [6, 6.07) is 15.1. The number of nitrogens with one attached hydrogen (secondary N) is 1. The van der Waals surface area contributed by atoms with Gasteiger partial charge < -0.3 is 5.32 Å². The molecule has 2 aromatic carbocycles. The van der Waals surface area contributed by atoms with E-state index in [9.17, 15) is 0 Å². The Morgan fingerprint density at radius 1 is 1.10 bits per heavy atom. The molecule has 3 heteroatoms. The van der Waals surface area contributed by atoms with Gasteiger partial charge in [0, 0.05) is 30.8 Å². The molecule has 1 aliphatic rings. The zero-order valence-corrected chi connectivity index (χ0v) is 12.0. The molecule has 1 aliphatic heterocycles. The van der Waals surface area contributed by atoms with E-state index in [0.717, 1.165) is 25.9 Å². The topological polar surface area (TPSA) is 24.9 Å². The monoisotopic (exact) mass is 280 g/mol. The third kappa shape index (κ3) is 2.13. The van der Waals surface area contributed by atoms with E-state index in [1.54, 1.807) is 0 Å². The van der Waals surface area contributed by atoms with Gasteiger partial charge in [0.05, 0.1) is 10.7 Å². The second kappa shape index (κ2) is 5.00. The lowest BCUT2D eigenvalue weighted by atomic mass is 10.0. The molecule has 2 heterocycles. The predicted molar refractivity (Wildman–Crippen MR) is 84.3 cm³/mol. The van der Waals surface area contributed by atoms with E-state index in [1.165, 1.54) is 31.9 Å². The summed E-state index contributed by atoms with van der Waals surface area (Å²) in [5.41, 5.74) is 2.69. The first kappa shape index (κ1) is 12.1. The van der Waals surface area contributed by atoms with Crippen LogP contribution in [0.4, 0.5) is 0 Å². The number of hydrogen-bond acceptors (Lipinski definition) is 3. The summed E-state index contributed by atoms with van der Waals surface area (Å²) in [4.78, 5) is 6.25. The fraction of sp³-hybridized carbons (Fsp3) is 0.235. The van der Waals surface area contributed by atoms with Crippen LogP contribution in [0.15, 0.2) is 42.5 Å². The number of rotatable bonds is 2. The Balaban J connectivity index is 1.72. The van der Waals surface area contributed by atoms with Crippen molar-refractivity contribution in [2.45, 2.75) is 19.4 Å². The SMILES string of the molecule is c1ccc2c(Cc3nc4c(s3)CNCC4)cccc2c1. The molecule has 0 saturated heterocycles. The largest absolute Gasteiger partial charge is 0.311 e. The minimum Gasteiger partial charge on any atom is -0.311 e. The molecule has 0 saturated carbocycles. The molecular weight excluding hydrogens is 264 g/mol. The second-order valence-corrected chi connectivity index (χ2v) is 6.39. The van der Waals surface area contributed by atoms with E-state index < -0.39 is 0 Å². The summed E-state index contributed by atoms with van der Waals surface area (Å²) in [6.07, 6.45) is 2.01. The molecule has 3 aromatic rings. The highest BCUT2D eigenvalue weighted by molar-refractivity contribution is 7.11. The van der Waals surface area contributed by atoms with Crippen molar-refractivity contribution in [3.05, 3.63) is 63.6 Å². The molecule has 4 rings (SSSR count). The van der Waals surface area contributed by atoms with Crippen LogP contribution in [0.3, 0.4) is 0 Å². The maximum Gasteiger partial charge on any atom is 0.0975 e. The van der Waals surface area contributed by atoms with E-state index in [1.807, 2.05) is 11.3 Å². The highest BCUT2D eigenvalue weighted by Gasteiger charge is 2.15. The zero-order chi connectivity index (χ0) is 13.4. The van der Waals surface area contributed by atoms with Gasteiger partial charge >= 0.3 is 0 Å². The average molecular weight is 280 g/mol. The molecule has 1 aromatic heterocycles. The van der Waals surface area contributed by atoms with Gasteiger partial charge in [-0.05, 0) is 16.3 Å². The van der Waals surface area contributed by atoms with E-state index in [2.05, 4.69) is 47.8 Å². The Kier molecular flexibility index (Phi) is 3.02. The van der Waals surface area contributed by atoms with Crippen LogP contribution in [0.25, 0.3) is 10.8 Å². The van der Waals surface area contributed by atoms with Crippen LogP contribution in [0.5, 0.6) is 0 Å². The maximum absolute atomic E-state index is 4.83. The van der Waals surface area contributed by atoms with Crippen molar-refractivity contribution in [3.63, 3.8) is 0 Å². The highest BCUT2D eigenvalue weighted by atomic mass is 32.1. The van der Waals surface area contributed by atoms with Gasteiger partial charge in [-0.3, -0.25) is 0 Å². The summed E-state index contributed by atoms with van der Waals surface area (Å²) in [5.74, 6) is 0. The van der Waals surface area contributed by atoms with Gasteiger partial charge in [-0.15, -0.1) is 11.3 Å². The molecule has 20 heavy (non-hydrogen) atoms. The first-order valence-corrected chi connectivity index (χ1v) is 7.86. The van der Waals surface area contributed by atoms with Crippen molar-refractivity contribution < 1.29 is 0 Å². The van der Waals surface area contributed by atoms with E-state index in [4.69, 9.17) is 4.98 Å². The van der Waals surface area contributed by atoms with Crippen LogP contribution in [-0.2, 0) is 19.4 Å². The van der Waals surface area contributed by atoms with Crippen molar-refractivity contribution >= 4 is 22.1 Å². The third-order valence-corrected chi connectivity index (χ3v) is 4.97. The molecule has 0 atom stereocenters. The van der Waals surface area contributed by atoms with Gasteiger partial charge in [-0.1, -0.05) is 42.5 Å². The Morgan fingerprint density at radius 2 is 2.00 bits per heavy atom. The van der Waals surface area contributed by atoms with E-state index >= 15 is 0 Å². The van der Waals surface area contributed by atoms with Crippen LogP contribution in [-0.4, -0.2) is 11.5 Å². The van der Waals surface area contributed by atoms with Crippen LogP contribution in [0.2, 0.25) is 0 Å². The highest BCUT2D eigenvalue weighted by Crippen LogP contribution is 2.26. The molecule has 0 bridgehead atoms. The van der Waals surface area contributed by atoms with Crippen LogP contribution in [0, 0.1) is 0 Å². The predicted octanol–water partition coefficient (Wildman–Crippen LogP) is 3.53. The van der Waals surface area contributed by atoms with E-state index in [0.29, 0.717) is 0 Å². The first-order chi connectivity index (χ1) is 9.90. The summed E-state index contributed by atoms with van der Waals surface area (Å²) in [5, 5.41) is 7.32. The third-order valence-electron chi connectivity index (χ3n) is 3.87. The average Bonchev–Trinajstić information content (AvgIpc) is 2.90. The van der Waals surface area contributed by atoms with Gasteiger partial charge in [0.15, 0.2) is 0 Å². The number of benzene rings is 2. The Hall–Kier alpha value is -1.71. The van der Waals surface area contributed by atoms with Crippen LogP contribution < -0.4 is 5.32 Å². The standard InChI is InChI=1S/C17H16N2S/c1-2-7-14-12(4-1)5-3-6-13(14)10-17-19-15-8-9-18-11-16(15)20-17/h1-7,18H,8-11H2. The molecule has 0 unspecified atom stereocenters. The lowest BCUT2D eigenvalue weighted by molar-refractivity contribution is 0.643. The molecule has 0 amide bonds. The van der Waals surface area contributed by atoms with Crippen molar-refractivity contribution in [1.82, 2.24) is 10.3 Å². The van der Waals surface area contributed by atoms with Crippen LogP contribution in [0.1, 0.15) is 21.1 Å². The van der Waals surface area contributed by atoms with Crippen molar-refractivity contribution in [3.8, 4) is 0 Å². The Morgan fingerprint density at radius 3 is 2.95 bits per heavy atom. The first-order valence-electron chi connectivity index (χ1n) is 7.05. The summed E-state index contributed by atoms with van der Waals surface area (Å²) in [7, 11) is 0. The maximum atomic E-state index is 4.83. The van der Waals surface area contributed by atoms with Crippen molar-refractivity contribution in [1.29, 1.82) is 0 Å². The normalized spacial score (nSPS) is 14.4. The molecular formula is C17H16N2S. The lowest BCUT2D eigenvalue weighted by Gasteiger charge is -2.09. The lowest BCUT2D eigenvalue weighted by Crippen LogP contribution is -2.22. The van der Waals surface area contributed by atoms with Gasteiger partial charge in [0.25, 0.3) is 0 Å². The molecule has 0 radical (unpaired) electrons. The van der Waals surface area contributed by atoms with E-state index in [-0.39, 0.29) is 0 Å². The van der Waals surface area contributed by atoms with Crippen molar-refractivity contribution in [2.75, 3.05) is 6.54 Å². The number of fused-ring (bicyclic) bond motifs is 2. The van der Waals surface area contributed by atoms with Gasteiger partial charge in [-0.2, -0.15) is 0 Å². The molecule has 2 nitrogen and oxygen atoms in total. The fourth-order valence-electron chi connectivity index (χ4n) is 2.86. The minimum absolute atomic E-state index is 0.943. The summed E-state index contributed by atoms with van der Waals surface area (Å²) >= 11 is 1.87. The van der Waals surface area contributed by atoms with Crippen molar-refractivity contribution in [2.24, 2.45) is 0 Å². The fourth-order valence-corrected chi connectivity index (χ4v) is 3.97. The Labute approximate surface area is 122 Å². The molecule has 0 spiro atoms. The van der Waals surface area contributed by atoms with Gasteiger partial charge in [-0.25, -0.2) is 4.98 Å². The molecule has 1 N–H and O–H groups in total. The zero-order valence-electron chi connectivity index (χ0n) is 11.2. The number of aromatic nitrogens is 1. The number of hydrogen-bond donors (Lipinski definition) is 1.